The zero-order valence-electron chi connectivity index (χ0n) is 12.1. The summed E-state index contributed by atoms with van der Waals surface area (Å²) in [6.07, 6.45) is 1.35. The summed E-state index contributed by atoms with van der Waals surface area (Å²) in [4.78, 5) is 25.3. The number of rotatable bonds is 5. The van der Waals surface area contributed by atoms with Crippen molar-refractivity contribution in [1.82, 2.24) is 10.1 Å². The number of carbonyl (C=O) groups excluding carboxylic acids is 2. The number of amides is 2. The molecule has 2 heterocycles. The SMILES string of the molecule is O=C(Nc1ccon1)C1CN(C(=O)COc2ccccc2F)C1. The molecule has 0 atom stereocenters. The number of likely N-dealkylation sites (tertiary alicyclic amines) is 1. The van der Waals surface area contributed by atoms with E-state index >= 15 is 0 Å². The average Bonchev–Trinajstić information content (AvgIpc) is 2.97. The molecule has 1 aromatic carbocycles. The largest absolute Gasteiger partial charge is 0.481 e. The highest BCUT2D eigenvalue weighted by molar-refractivity contribution is 5.94. The van der Waals surface area contributed by atoms with Gasteiger partial charge in [0.2, 0.25) is 5.91 Å². The maximum Gasteiger partial charge on any atom is 0.260 e. The Morgan fingerprint density at radius 1 is 1.35 bits per heavy atom. The van der Waals surface area contributed by atoms with Gasteiger partial charge < -0.3 is 19.5 Å². The van der Waals surface area contributed by atoms with Crippen LogP contribution in [0.25, 0.3) is 0 Å². The number of para-hydroxylation sites is 1. The molecule has 0 unspecified atom stereocenters. The molecule has 1 saturated heterocycles. The summed E-state index contributed by atoms with van der Waals surface area (Å²) >= 11 is 0. The molecule has 3 rings (SSSR count). The number of carbonyl (C=O) groups is 2. The van der Waals surface area contributed by atoms with Crippen molar-refractivity contribution in [2.75, 3.05) is 25.0 Å². The van der Waals surface area contributed by atoms with Gasteiger partial charge in [0.15, 0.2) is 24.0 Å². The van der Waals surface area contributed by atoms with Crippen LogP contribution in [-0.4, -0.2) is 41.6 Å². The van der Waals surface area contributed by atoms with Crippen LogP contribution in [-0.2, 0) is 9.59 Å². The van der Waals surface area contributed by atoms with Gasteiger partial charge in [0, 0.05) is 19.2 Å². The molecule has 0 spiro atoms. The van der Waals surface area contributed by atoms with Crippen LogP contribution < -0.4 is 10.1 Å². The Balaban J connectivity index is 1.43. The molecule has 7 nitrogen and oxygen atoms in total. The van der Waals surface area contributed by atoms with Gasteiger partial charge in [-0.3, -0.25) is 9.59 Å². The molecule has 0 radical (unpaired) electrons. The van der Waals surface area contributed by atoms with Crippen molar-refractivity contribution in [1.29, 1.82) is 0 Å². The quantitative estimate of drug-likeness (QED) is 0.897. The van der Waals surface area contributed by atoms with E-state index in [0.29, 0.717) is 18.9 Å². The number of nitrogens with one attached hydrogen (secondary N) is 1. The van der Waals surface area contributed by atoms with Crippen molar-refractivity contribution in [2.45, 2.75) is 0 Å². The Hall–Kier alpha value is -2.90. The number of anilines is 1. The van der Waals surface area contributed by atoms with Gasteiger partial charge >= 0.3 is 0 Å². The van der Waals surface area contributed by atoms with Crippen molar-refractivity contribution >= 4 is 17.6 Å². The van der Waals surface area contributed by atoms with Crippen molar-refractivity contribution < 1.29 is 23.2 Å². The predicted molar refractivity (Wildman–Crippen MR) is 77.1 cm³/mol. The van der Waals surface area contributed by atoms with E-state index in [9.17, 15) is 14.0 Å². The number of halogens is 1. The summed E-state index contributed by atoms with van der Waals surface area (Å²) in [5, 5.41) is 6.17. The third kappa shape index (κ3) is 3.47. The monoisotopic (exact) mass is 319 g/mol. The number of hydrogen-bond donors (Lipinski definition) is 1. The minimum atomic E-state index is -0.520. The molecule has 1 aromatic heterocycles. The van der Waals surface area contributed by atoms with Crippen LogP contribution >= 0.6 is 0 Å². The van der Waals surface area contributed by atoms with Crippen molar-refractivity contribution in [2.24, 2.45) is 5.92 Å². The minimum Gasteiger partial charge on any atom is -0.481 e. The molecule has 2 amide bonds. The molecule has 1 N–H and O–H groups in total. The fraction of sp³-hybridized carbons (Fsp3) is 0.267. The summed E-state index contributed by atoms with van der Waals surface area (Å²) in [6.45, 7) is 0.324. The summed E-state index contributed by atoms with van der Waals surface area (Å²) in [7, 11) is 0. The molecule has 1 aliphatic rings. The highest BCUT2D eigenvalue weighted by Crippen LogP contribution is 2.19. The van der Waals surface area contributed by atoms with Gasteiger partial charge in [0.1, 0.15) is 6.26 Å². The fourth-order valence-corrected chi connectivity index (χ4v) is 2.15. The van der Waals surface area contributed by atoms with E-state index in [1.54, 1.807) is 6.07 Å². The first kappa shape index (κ1) is 15.0. The molecule has 1 aliphatic heterocycles. The van der Waals surface area contributed by atoms with Crippen molar-refractivity contribution in [3.8, 4) is 5.75 Å². The van der Waals surface area contributed by atoms with E-state index in [1.165, 1.54) is 35.4 Å². The Morgan fingerprint density at radius 2 is 2.13 bits per heavy atom. The lowest BCUT2D eigenvalue weighted by Gasteiger charge is -2.37. The van der Waals surface area contributed by atoms with Crippen LogP contribution in [0.5, 0.6) is 5.75 Å². The lowest BCUT2D eigenvalue weighted by atomic mass is 9.99. The molecule has 2 aromatic rings. The zero-order valence-corrected chi connectivity index (χ0v) is 12.1. The second-order valence-electron chi connectivity index (χ2n) is 5.09. The highest BCUT2D eigenvalue weighted by atomic mass is 19.1. The second-order valence-corrected chi connectivity index (χ2v) is 5.09. The maximum atomic E-state index is 13.4. The topological polar surface area (TPSA) is 84.7 Å². The lowest BCUT2D eigenvalue weighted by Crippen LogP contribution is -2.55. The second kappa shape index (κ2) is 6.47. The van der Waals surface area contributed by atoms with Crippen molar-refractivity contribution in [3.63, 3.8) is 0 Å². The first-order valence-electron chi connectivity index (χ1n) is 7.00. The first-order chi connectivity index (χ1) is 11.1. The number of hydrogen-bond acceptors (Lipinski definition) is 5. The van der Waals surface area contributed by atoms with E-state index in [1.807, 2.05) is 0 Å². The molecule has 23 heavy (non-hydrogen) atoms. The summed E-state index contributed by atoms with van der Waals surface area (Å²) < 4.78 is 23.1. The Bertz CT molecular complexity index is 699. The summed E-state index contributed by atoms with van der Waals surface area (Å²) in [5.74, 6) is -0.973. The molecule has 120 valence electrons. The fourth-order valence-electron chi connectivity index (χ4n) is 2.15. The lowest BCUT2D eigenvalue weighted by molar-refractivity contribution is -0.143. The number of aromatic nitrogens is 1. The van der Waals surface area contributed by atoms with Crippen LogP contribution in [0, 0.1) is 11.7 Å². The highest BCUT2D eigenvalue weighted by Gasteiger charge is 2.36. The van der Waals surface area contributed by atoms with Crippen LogP contribution in [0.3, 0.4) is 0 Å². The third-order valence-corrected chi connectivity index (χ3v) is 3.48. The van der Waals surface area contributed by atoms with Crippen LogP contribution in [0.1, 0.15) is 0 Å². The Labute approximate surface area is 131 Å². The maximum absolute atomic E-state index is 13.4. The minimum absolute atomic E-state index is 0.0294. The summed E-state index contributed by atoms with van der Waals surface area (Å²) in [5.41, 5.74) is 0. The van der Waals surface area contributed by atoms with Gasteiger partial charge in [-0.15, -0.1) is 0 Å². The van der Waals surface area contributed by atoms with E-state index in [0.717, 1.165) is 0 Å². The van der Waals surface area contributed by atoms with Gasteiger partial charge in [-0.1, -0.05) is 17.3 Å². The van der Waals surface area contributed by atoms with Gasteiger partial charge in [-0.2, -0.15) is 0 Å². The first-order valence-corrected chi connectivity index (χ1v) is 7.00. The smallest absolute Gasteiger partial charge is 0.260 e. The van der Waals surface area contributed by atoms with Crippen molar-refractivity contribution in [3.05, 3.63) is 42.4 Å². The van der Waals surface area contributed by atoms with E-state index < -0.39 is 5.82 Å². The van der Waals surface area contributed by atoms with Gasteiger partial charge in [0.25, 0.3) is 5.91 Å². The van der Waals surface area contributed by atoms with Crippen LogP contribution in [0.2, 0.25) is 0 Å². The van der Waals surface area contributed by atoms with Crippen LogP contribution in [0.15, 0.2) is 41.1 Å². The predicted octanol–water partition coefficient (Wildman–Crippen LogP) is 1.29. The number of ether oxygens (including phenoxy) is 1. The van der Waals surface area contributed by atoms with E-state index in [-0.39, 0.29) is 30.1 Å². The van der Waals surface area contributed by atoms with Crippen LogP contribution in [0.4, 0.5) is 10.2 Å². The van der Waals surface area contributed by atoms with Gasteiger partial charge in [-0.25, -0.2) is 4.39 Å². The zero-order chi connectivity index (χ0) is 16.2. The normalized spacial score (nSPS) is 14.2. The molecule has 0 saturated carbocycles. The molecule has 0 aliphatic carbocycles. The molecule has 0 bridgehead atoms. The van der Waals surface area contributed by atoms with Gasteiger partial charge in [-0.05, 0) is 12.1 Å². The number of nitrogens with zero attached hydrogens (tertiary/aromatic N) is 2. The molecular weight excluding hydrogens is 305 g/mol. The van der Waals surface area contributed by atoms with Gasteiger partial charge in [0.05, 0.1) is 5.92 Å². The molecule has 1 fully saturated rings. The van der Waals surface area contributed by atoms with E-state index in [4.69, 9.17) is 4.74 Å². The summed E-state index contributed by atoms with van der Waals surface area (Å²) in [6, 6.07) is 7.40. The Kier molecular flexibility index (Phi) is 4.22. The van der Waals surface area contributed by atoms with E-state index in [2.05, 4.69) is 15.0 Å². The molecule has 8 heteroatoms. The molecular formula is C15H14FN3O4. The third-order valence-electron chi connectivity index (χ3n) is 3.48. The Morgan fingerprint density at radius 3 is 2.83 bits per heavy atom. The number of benzene rings is 1. The average molecular weight is 319 g/mol. The standard InChI is InChI=1S/C15H14FN3O4/c16-11-3-1-2-4-12(11)22-9-14(20)19-7-10(8-19)15(21)17-13-5-6-23-18-13/h1-6,10H,7-9H2,(H,17,18,21).